The lowest BCUT2D eigenvalue weighted by Gasteiger charge is -2.31. The Bertz CT molecular complexity index is 525. The predicted molar refractivity (Wildman–Crippen MR) is 82.2 cm³/mol. The number of hydrogen-bond donors (Lipinski definition) is 1. The van der Waals surface area contributed by atoms with Crippen LogP contribution >= 0.6 is 0 Å². The van der Waals surface area contributed by atoms with E-state index in [4.69, 9.17) is 5.73 Å². The Morgan fingerprint density at radius 3 is 2.00 bits per heavy atom. The molecule has 2 aromatic rings. The topological polar surface area (TPSA) is 26.0 Å². The molecule has 1 heteroatoms. The molecule has 1 nitrogen and oxygen atoms in total. The van der Waals surface area contributed by atoms with Crippen molar-refractivity contribution < 1.29 is 0 Å². The van der Waals surface area contributed by atoms with Crippen LogP contribution in [0.1, 0.15) is 42.0 Å². The lowest BCUT2D eigenvalue weighted by molar-refractivity contribution is 0.484. The summed E-state index contributed by atoms with van der Waals surface area (Å²) in [5.74, 6) is 0. The Labute approximate surface area is 116 Å². The van der Waals surface area contributed by atoms with E-state index >= 15 is 0 Å². The molecule has 0 saturated heterocycles. The zero-order valence-electron chi connectivity index (χ0n) is 12.1. The highest BCUT2D eigenvalue weighted by atomic mass is 14.7. The molecule has 0 aliphatic carbocycles. The molecule has 1 atom stereocenters. The fourth-order valence-corrected chi connectivity index (χ4v) is 2.82. The second-order valence-corrected chi connectivity index (χ2v) is 5.46. The number of benzene rings is 2. The van der Waals surface area contributed by atoms with Crippen LogP contribution in [0.4, 0.5) is 0 Å². The van der Waals surface area contributed by atoms with Crippen LogP contribution in [0.5, 0.6) is 0 Å². The molecule has 0 aromatic heterocycles. The minimum atomic E-state index is -0.382. The third-order valence-corrected chi connectivity index (χ3v) is 3.67. The van der Waals surface area contributed by atoms with Gasteiger partial charge in [0.1, 0.15) is 0 Å². The smallest absolute Gasteiger partial charge is 0.0665 e. The Morgan fingerprint density at radius 1 is 0.895 bits per heavy atom. The van der Waals surface area contributed by atoms with E-state index in [0.717, 1.165) is 12.8 Å². The molecule has 0 heterocycles. The normalized spacial score (nSPS) is 14.1. The van der Waals surface area contributed by atoms with Gasteiger partial charge in [-0.15, -0.1) is 0 Å². The van der Waals surface area contributed by atoms with E-state index in [-0.39, 0.29) is 5.54 Å². The van der Waals surface area contributed by atoms with Gasteiger partial charge < -0.3 is 5.73 Å². The Kier molecular flexibility index (Phi) is 4.06. The molecule has 100 valence electrons. The molecule has 0 spiro atoms. The van der Waals surface area contributed by atoms with Crippen LogP contribution in [-0.4, -0.2) is 0 Å². The van der Waals surface area contributed by atoms with Gasteiger partial charge in [0, 0.05) is 0 Å². The first-order chi connectivity index (χ1) is 9.06. The molecule has 2 N–H and O–H groups in total. The fourth-order valence-electron chi connectivity index (χ4n) is 2.82. The third-order valence-electron chi connectivity index (χ3n) is 3.67. The van der Waals surface area contributed by atoms with Crippen LogP contribution in [0.25, 0.3) is 0 Å². The molecule has 0 saturated carbocycles. The number of rotatable bonds is 4. The summed E-state index contributed by atoms with van der Waals surface area (Å²) in [6.07, 6.45) is 2.03. The summed E-state index contributed by atoms with van der Waals surface area (Å²) in [5, 5.41) is 0. The van der Waals surface area contributed by atoms with Crippen molar-refractivity contribution in [3.8, 4) is 0 Å². The van der Waals surface area contributed by atoms with Crippen LogP contribution < -0.4 is 5.73 Å². The first kappa shape index (κ1) is 13.8. The molecule has 19 heavy (non-hydrogen) atoms. The Morgan fingerprint density at radius 2 is 1.47 bits per heavy atom. The van der Waals surface area contributed by atoms with Crippen molar-refractivity contribution >= 4 is 0 Å². The van der Waals surface area contributed by atoms with Gasteiger partial charge in [0.25, 0.3) is 0 Å². The highest BCUT2D eigenvalue weighted by Gasteiger charge is 2.28. The molecule has 0 radical (unpaired) electrons. The third kappa shape index (κ3) is 2.87. The molecule has 1 unspecified atom stereocenters. The van der Waals surface area contributed by atoms with E-state index in [1.807, 2.05) is 6.07 Å². The zero-order chi connectivity index (χ0) is 13.9. The van der Waals surface area contributed by atoms with E-state index in [1.54, 1.807) is 0 Å². The van der Waals surface area contributed by atoms with E-state index in [2.05, 4.69) is 63.2 Å². The van der Waals surface area contributed by atoms with Gasteiger partial charge in [-0.05, 0) is 31.4 Å². The number of nitrogens with two attached hydrogens (primary N) is 1. The molecule has 0 aliphatic rings. The van der Waals surface area contributed by atoms with E-state index in [0.29, 0.717) is 0 Å². The lowest BCUT2D eigenvalue weighted by atomic mass is 9.79. The maximum absolute atomic E-state index is 6.79. The van der Waals surface area contributed by atoms with Gasteiger partial charge in [-0.1, -0.05) is 73.0 Å². The maximum atomic E-state index is 6.79. The lowest BCUT2D eigenvalue weighted by Crippen LogP contribution is -2.38. The van der Waals surface area contributed by atoms with Gasteiger partial charge in [-0.2, -0.15) is 0 Å². The summed E-state index contributed by atoms with van der Waals surface area (Å²) in [6.45, 7) is 6.45. The van der Waals surface area contributed by atoms with E-state index in [9.17, 15) is 0 Å². The Hall–Kier alpha value is -1.60. The summed E-state index contributed by atoms with van der Waals surface area (Å²) in [4.78, 5) is 0. The average Bonchev–Trinajstić information content (AvgIpc) is 2.39. The fraction of sp³-hybridized carbons (Fsp3) is 0.333. The summed E-state index contributed by atoms with van der Waals surface area (Å²) in [7, 11) is 0. The second kappa shape index (κ2) is 5.58. The van der Waals surface area contributed by atoms with Crippen molar-refractivity contribution in [2.45, 2.75) is 39.2 Å². The minimum absolute atomic E-state index is 0.382. The van der Waals surface area contributed by atoms with Crippen molar-refractivity contribution in [2.24, 2.45) is 5.73 Å². The van der Waals surface area contributed by atoms with Crippen LogP contribution in [0.15, 0.2) is 48.5 Å². The van der Waals surface area contributed by atoms with E-state index < -0.39 is 0 Å². The largest absolute Gasteiger partial charge is 0.318 e. The van der Waals surface area contributed by atoms with Gasteiger partial charge in [-0.3, -0.25) is 0 Å². The maximum Gasteiger partial charge on any atom is 0.0665 e. The first-order valence-corrected chi connectivity index (χ1v) is 6.99. The second-order valence-electron chi connectivity index (χ2n) is 5.46. The first-order valence-electron chi connectivity index (χ1n) is 6.99. The van der Waals surface area contributed by atoms with Crippen LogP contribution in [-0.2, 0) is 5.54 Å². The molecular formula is C18H23N. The standard InChI is InChI=1S/C18H23N/c1-4-10-18(19,16-8-6-5-7-9-16)17-12-14(2)11-15(3)13-17/h5-9,11-13H,4,10,19H2,1-3H3. The Balaban J connectivity index is 2.56. The molecule has 2 aromatic carbocycles. The van der Waals surface area contributed by atoms with Gasteiger partial charge in [0.15, 0.2) is 0 Å². The summed E-state index contributed by atoms with van der Waals surface area (Å²) >= 11 is 0. The van der Waals surface area contributed by atoms with Crippen molar-refractivity contribution in [1.82, 2.24) is 0 Å². The molecule has 0 bridgehead atoms. The van der Waals surface area contributed by atoms with Gasteiger partial charge in [0.05, 0.1) is 5.54 Å². The number of aryl methyl sites for hydroxylation is 2. The highest BCUT2D eigenvalue weighted by Crippen LogP contribution is 2.32. The molecular weight excluding hydrogens is 230 g/mol. The summed E-state index contributed by atoms with van der Waals surface area (Å²) < 4.78 is 0. The summed E-state index contributed by atoms with van der Waals surface area (Å²) in [5.41, 5.74) is 11.4. The summed E-state index contributed by atoms with van der Waals surface area (Å²) in [6, 6.07) is 17.1. The average molecular weight is 253 g/mol. The number of hydrogen-bond acceptors (Lipinski definition) is 1. The van der Waals surface area contributed by atoms with Crippen molar-refractivity contribution in [2.75, 3.05) is 0 Å². The zero-order valence-corrected chi connectivity index (χ0v) is 12.1. The molecule has 0 amide bonds. The van der Waals surface area contributed by atoms with Crippen LogP contribution in [0.3, 0.4) is 0 Å². The highest BCUT2D eigenvalue weighted by molar-refractivity contribution is 5.41. The van der Waals surface area contributed by atoms with Crippen LogP contribution in [0.2, 0.25) is 0 Å². The molecule has 2 rings (SSSR count). The molecule has 0 fully saturated rings. The SMILES string of the molecule is CCCC(N)(c1ccccc1)c1cc(C)cc(C)c1. The van der Waals surface area contributed by atoms with Crippen molar-refractivity contribution in [1.29, 1.82) is 0 Å². The predicted octanol–water partition coefficient (Wildman–Crippen LogP) is 4.31. The minimum Gasteiger partial charge on any atom is -0.318 e. The van der Waals surface area contributed by atoms with Gasteiger partial charge in [-0.25, -0.2) is 0 Å². The molecule has 0 aliphatic heterocycles. The van der Waals surface area contributed by atoms with Gasteiger partial charge >= 0.3 is 0 Å². The van der Waals surface area contributed by atoms with Crippen molar-refractivity contribution in [3.63, 3.8) is 0 Å². The van der Waals surface area contributed by atoms with Crippen molar-refractivity contribution in [3.05, 3.63) is 70.8 Å². The van der Waals surface area contributed by atoms with Crippen LogP contribution in [0, 0.1) is 13.8 Å². The van der Waals surface area contributed by atoms with Gasteiger partial charge in [0.2, 0.25) is 0 Å². The van der Waals surface area contributed by atoms with E-state index in [1.165, 1.54) is 22.3 Å². The quantitative estimate of drug-likeness (QED) is 0.863. The monoisotopic (exact) mass is 253 g/mol.